The van der Waals surface area contributed by atoms with Crippen LogP contribution in [-0.4, -0.2) is 19.3 Å². The summed E-state index contributed by atoms with van der Waals surface area (Å²) in [6.45, 7) is 0. The number of nitrogens with zero attached hydrogens (tertiary/aromatic N) is 1. The molecule has 1 aromatic heterocycles. The molecule has 3 rings (SSSR count). The van der Waals surface area contributed by atoms with Gasteiger partial charge in [-0.05, 0) is 25.3 Å². The zero-order valence-corrected chi connectivity index (χ0v) is 11.3. The van der Waals surface area contributed by atoms with Crippen LogP contribution in [0, 0.1) is 0 Å². The zero-order chi connectivity index (χ0) is 13.2. The van der Waals surface area contributed by atoms with Crippen molar-refractivity contribution in [3.8, 4) is 5.75 Å². The van der Waals surface area contributed by atoms with Crippen LogP contribution < -0.4 is 10.1 Å². The minimum Gasteiger partial charge on any atom is -0.496 e. The lowest BCUT2D eigenvalue weighted by molar-refractivity contribution is 0.405. The smallest absolute Gasteiger partial charge is 0.228 e. The molecule has 1 aliphatic carbocycles. The first kappa shape index (κ1) is 12.1. The van der Waals surface area contributed by atoms with Gasteiger partial charge in [0.15, 0.2) is 0 Å². The van der Waals surface area contributed by atoms with Crippen LogP contribution in [0.3, 0.4) is 0 Å². The van der Waals surface area contributed by atoms with Crippen LogP contribution in [0.5, 0.6) is 5.75 Å². The van der Waals surface area contributed by atoms with E-state index in [2.05, 4.69) is 22.6 Å². The van der Waals surface area contributed by atoms with Crippen LogP contribution in [0.15, 0.2) is 28.8 Å². The Morgan fingerprint density at radius 3 is 3.00 bits per heavy atom. The van der Waals surface area contributed by atoms with Gasteiger partial charge in [0.2, 0.25) is 5.88 Å². The Hall–Kier alpha value is -1.97. The Morgan fingerprint density at radius 2 is 2.21 bits per heavy atom. The van der Waals surface area contributed by atoms with Gasteiger partial charge in [0.25, 0.3) is 0 Å². The van der Waals surface area contributed by atoms with Gasteiger partial charge >= 0.3 is 0 Å². The summed E-state index contributed by atoms with van der Waals surface area (Å²) >= 11 is 0. The van der Waals surface area contributed by atoms with Crippen LogP contribution in [0.4, 0.5) is 5.88 Å². The highest BCUT2D eigenvalue weighted by atomic mass is 16.5. The molecular formula is C15H18N2O2. The molecule has 1 N–H and O–H groups in total. The molecule has 1 unspecified atom stereocenters. The maximum absolute atomic E-state index is 5.49. The molecule has 19 heavy (non-hydrogen) atoms. The van der Waals surface area contributed by atoms with Crippen molar-refractivity contribution in [1.29, 1.82) is 0 Å². The number of para-hydroxylation sites is 1. The molecule has 2 aromatic rings. The molecule has 1 heterocycles. The number of hydrogen-bond acceptors (Lipinski definition) is 4. The summed E-state index contributed by atoms with van der Waals surface area (Å²) in [5.41, 5.74) is 3.48. The van der Waals surface area contributed by atoms with Crippen molar-refractivity contribution in [2.75, 3.05) is 19.5 Å². The topological polar surface area (TPSA) is 47.3 Å². The van der Waals surface area contributed by atoms with Crippen molar-refractivity contribution in [1.82, 2.24) is 5.16 Å². The van der Waals surface area contributed by atoms with Gasteiger partial charge in [0.1, 0.15) is 5.75 Å². The van der Waals surface area contributed by atoms with Crippen molar-refractivity contribution < 1.29 is 9.26 Å². The van der Waals surface area contributed by atoms with E-state index in [0.717, 1.165) is 36.6 Å². The predicted octanol–water partition coefficient (Wildman–Crippen LogP) is 3.19. The lowest BCUT2D eigenvalue weighted by Gasteiger charge is -2.23. The highest BCUT2D eigenvalue weighted by Crippen LogP contribution is 2.43. The molecule has 4 heteroatoms. The van der Waals surface area contributed by atoms with E-state index in [0.29, 0.717) is 5.92 Å². The Morgan fingerprint density at radius 1 is 1.37 bits per heavy atom. The number of ether oxygens (including phenoxy) is 1. The van der Waals surface area contributed by atoms with Crippen molar-refractivity contribution in [2.24, 2.45) is 0 Å². The molecule has 0 amide bonds. The van der Waals surface area contributed by atoms with Crippen molar-refractivity contribution in [2.45, 2.75) is 25.2 Å². The van der Waals surface area contributed by atoms with Crippen molar-refractivity contribution >= 4 is 5.88 Å². The van der Waals surface area contributed by atoms with Crippen LogP contribution in [-0.2, 0) is 6.42 Å². The minimum atomic E-state index is 0.300. The molecule has 100 valence electrons. The molecule has 1 aliphatic rings. The number of anilines is 1. The van der Waals surface area contributed by atoms with Crippen LogP contribution in [0.2, 0.25) is 0 Å². The summed E-state index contributed by atoms with van der Waals surface area (Å²) in [5, 5.41) is 7.28. The molecule has 1 aromatic carbocycles. The number of aryl methyl sites for hydroxylation is 1. The van der Waals surface area contributed by atoms with Crippen molar-refractivity contribution in [3.05, 3.63) is 41.1 Å². The van der Waals surface area contributed by atoms with E-state index in [-0.39, 0.29) is 0 Å². The third-order valence-corrected chi connectivity index (χ3v) is 3.80. The summed E-state index contributed by atoms with van der Waals surface area (Å²) in [4.78, 5) is 0. The van der Waals surface area contributed by atoms with Gasteiger partial charge in [-0.25, -0.2) is 0 Å². The minimum absolute atomic E-state index is 0.300. The summed E-state index contributed by atoms with van der Waals surface area (Å²) in [7, 11) is 3.59. The predicted molar refractivity (Wildman–Crippen MR) is 73.8 cm³/mol. The molecule has 0 radical (unpaired) electrons. The number of nitrogens with one attached hydrogen (secondary N) is 1. The summed E-state index contributed by atoms with van der Waals surface area (Å²) in [5.74, 6) is 2.02. The normalized spacial score (nSPS) is 17.9. The van der Waals surface area contributed by atoms with Gasteiger partial charge in [0.05, 0.1) is 12.8 Å². The second-order valence-corrected chi connectivity index (χ2v) is 4.81. The van der Waals surface area contributed by atoms with Crippen LogP contribution >= 0.6 is 0 Å². The fraction of sp³-hybridized carbons (Fsp3) is 0.400. The Balaban J connectivity index is 2.10. The van der Waals surface area contributed by atoms with Gasteiger partial charge in [-0.3, -0.25) is 0 Å². The number of rotatable bonds is 3. The fourth-order valence-corrected chi connectivity index (χ4v) is 2.93. The maximum Gasteiger partial charge on any atom is 0.228 e. The Kier molecular flexibility index (Phi) is 3.15. The standard InChI is InChI=1S/C15H18N2O2/c1-16-15-14-11(7-5-8-12(14)17-19-15)10-6-3-4-9-13(10)18-2/h3-4,6,9,11,16H,5,7-8H2,1-2H3. The van der Waals surface area contributed by atoms with E-state index in [1.807, 2.05) is 19.2 Å². The molecule has 4 nitrogen and oxygen atoms in total. The van der Waals surface area contributed by atoms with Gasteiger partial charge in [-0.2, -0.15) is 0 Å². The average molecular weight is 258 g/mol. The number of fused-ring (bicyclic) bond motifs is 1. The molecule has 0 bridgehead atoms. The SMILES string of the molecule is CNc1onc2c1C(c1ccccc1OC)CCC2. The molecule has 0 saturated heterocycles. The highest BCUT2D eigenvalue weighted by Gasteiger charge is 2.30. The van der Waals surface area contributed by atoms with E-state index >= 15 is 0 Å². The van der Waals surface area contributed by atoms with E-state index < -0.39 is 0 Å². The van der Waals surface area contributed by atoms with E-state index in [1.54, 1.807) is 7.11 Å². The maximum atomic E-state index is 5.49. The number of aromatic nitrogens is 1. The molecule has 0 saturated carbocycles. The first-order valence-electron chi connectivity index (χ1n) is 6.64. The average Bonchev–Trinajstić information content (AvgIpc) is 2.90. The molecular weight excluding hydrogens is 240 g/mol. The second kappa shape index (κ2) is 4.96. The molecule has 0 aliphatic heterocycles. The summed E-state index contributed by atoms with van der Waals surface area (Å²) in [6.07, 6.45) is 3.22. The lowest BCUT2D eigenvalue weighted by atomic mass is 9.81. The molecule has 0 fully saturated rings. The molecule has 1 atom stereocenters. The second-order valence-electron chi connectivity index (χ2n) is 4.81. The zero-order valence-electron chi connectivity index (χ0n) is 11.3. The highest BCUT2D eigenvalue weighted by molar-refractivity contribution is 5.53. The first-order valence-corrected chi connectivity index (χ1v) is 6.64. The van der Waals surface area contributed by atoms with Gasteiger partial charge in [0, 0.05) is 24.1 Å². The largest absolute Gasteiger partial charge is 0.496 e. The first-order chi connectivity index (χ1) is 9.35. The van der Waals surface area contributed by atoms with Gasteiger partial charge < -0.3 is 14.6 Å². The number of methoxy groups -OCH3 is 1. The summed E-state index contributed by atoms with van der Waals surface area (Å²) in [6, 6.07) is 8.19. The Labute approximate surface area is 112 Å². The van der Waals surface area contributed by atoms with Crippen LogP contribution in [0.25, 0.3) is 0 Å². The fourth-order valence-electron chi connectivity index (χ4n) is 2.93. The Bertz CT molecular complexity index is 564. The van der Waals surface area contributed by atoms with Gasteiger partial charge in [-0.15, -0.1) is 0 Å². The third-order valence-electron chi connectivity index (χ3n) is 3.80. The number of benzene rings is 1. The van der Waals surface area contributed by atoms with Gasteiger partial charge in [-0.1, -0.05) is 23.4 Å². The molecule has 0 spiro atoms. The monoisotopic (exact) mass is 258 g/mol. The lowest BCUT2D eigenvalue weighted by Crippen LogP contribution is -2.12. The number of hydrogen-bond donors (Lipinski definition) is 1. The van der Waals surface area contributed by atoms with Crippen molar-refractivity contribution in [3.63, 3.8) is 0 Å². The van der Waals surface area contributed by atoms with Crippen LogP contribution in [0.1, 0.15) is 35.6 Å². The van der Waals surface area contributed by atoms with E-state index in [9.17, 15) is 0 Å². The summed E-state index contributed by atoms with van der Waals surface area (Å²) < 4.78 is 10.9. The third kappa shape index (κ3) is 1.97. The quantitative estimate of drug-likeness (QED) is 0.918. The van der Waals surface area contributed by atoms with E-state index in [1.165, 1.54) is 11.1 Å². The van der Waals surface area contributed by atoms with E-state index in [4.69, 9.17) is 9.26 Å².